The summed E-state index contributed by atoms with van der Waals surface area (Å²) in [7, 11) is 1.61. The number of fused-ring (bicyclic) bond motifs is 1. The molecule has 4 N–H and O–H groups in total. The van der Waals surface area contributed by atoms with Gasteiger partial charge in [0, 0.05) is 23.0 Å². The number of ether oxygens (including phenoxy) is 3. The summed E-state index contributed by atoms with van der Waals surface area (Å²) in [5.74, 6) is -1.27. The van der Waals surface area contributed by atoms with Gasteiger partial charge in [0.1, 0.15) is 41.0 Å². The summed E-state index contributed by atoms with van der Waals surface area (Å²) in [6.45, 7) is 8.86. The molecular weight excluding hydrogens is 585 g/mol. The van der Waals surface area contributed by atoms with Crippen LogP contribution in [0.25, 0.3) is 22.3 Å². The van der Waals surface area contributed by atoms with Crippen molar-refractivity contribution < 1.29 is 36.6 Å². The van der Waals surface area contributed by atoms with Gasteiger partial charge in [-0.25, -0.2) is 0 Å². The van der Waals surface area contributed by atoms with Gasteiger partial charge in [-0.2, -0.15) is 13.2 Å². The Morgan fingerprint density at radius 2 is 1.73 bits per heavy atom. The first-order valence-corrected chi connectivity index (χ1v) is 15.7. The molecule has 1 fully saturated rings. The first-order chi connectivity index (χ1) is 21.0. The fourth-order valence-electron chi connectivity index (χ4n) is 5.94. The van der Waals surface area contributed by atoms with Crippen molar-refractivity contribution in [1.29, 1.82) is 0 Å². The van der Waals surface area contributed by atoms with Crippen LogP contribution in [0.3, 0.4) is 0 Å². The highest BCUT2D eigenvalue weighted by atomic mass is 19.4. The Morgan fingerprint density at radius 1 is 1.02 bits per heavy atom. The van der Waals surface area contributed by atoms with E-state index in [0.29, 0.717) is 23.5 Å². The molecule has 2 aromatic carbocycles. The number of methoxy groups -OCH3 is 1. The van der Waals surface area contributed by atoms with Crippen molar-refractivity contribution in [3.05, 3.63) is 48.0 Å². The molecule has 10 heteroatoms. The molecule has 7 nitrogen and oxygen atoms in total. The van der Waals surface area contributed by atoms with Crippen LogP contribution in [0.2, 0.25) is 0 Å². The van der Waals surface area contributed by atoms with Crippen molar-refractivity contribution in [2.24, 2.45) is 22.8 Å². The first-order valence-electron chi connectivity index (χ1n) is 15.7. The minimum Gasteiger partial charge on any atom is -0.496 e. The number of hydrogen-bond donors (Lipinski definition) is 2. The van der Waals surface area contributed by atoms with Gasteiger partial charge in [0.15, 0.2) is 0 Å². The van der Waals surface area contributed by atoms with Crippen molar-refractivity contribution in [3.63, 3.8) is 0 Å². The average molecular weight is 633 g/mol. The molecule has 0 aliphatic heterocycles. The fraction of sp³-hybridized carbons (Fsp3) is 0.571. The average Bonchev–Trinajstić information content (AvgIpc) is 3.55. The van der Waals surface area contributed by atoms with Crippen LogP contribution in [-0.2, 0) is 16.0 Å². The van der Waals surface area contributed by atoms with E-state index in [-0.39, 0.29) is 18.6 Å². The predicted octanol–water partition coefficient (Wildman–Crippen LogP) is 7.95. The van der Waals surface area contributed by atoms with E-state index in [0.717, 1.165) is 36.6 Å². The van der Waals surface area contributed by atoms with E-state index in [2.05, 4.69) is 13.0 Å². The van der Waals surface area contributed by atoms with E-state index < -0.39 is 47.3 Å². The van der Waals surface area contributed by atoms with Crippen LogP contribution in [0.15, 0.2) is 46.9 Å². The molecule has 0 spiro atoms. The summed E-state index contributed by atoms with van der Waals surface area (Å²) >= 11 is 0. The number of halogens is 3. The SMILES string of the molecule is CCCCCc1ccc(-c2cc3ccc(OC4CCC(OC(=O)C(C)(C)C(N)CC(C)(C)N)C4C(F)(F)F)cc3o2)c(OC)c1. The van der Waals surface area contributed by atoms with E-state index in [1.807, 2.05) is 18.2 Å². The quantitative estimate of drug-likeness (QED) is 0.145. The van der Waals surface area contributed by atoms with Crippen LogP contribution in [0, 0.1) is 11.3 Å². The molecule has 4 unspecified atom stereocenters. The zero-order chi connectivity index (χ0) is 33.2. The van der Waals surface area contributed by atoms with E-state index in [1.165, 1.54) is 5.56 Å². The summed E-state index contributed by atoms with van der Waals surface area (Å²) in [6.07, 6.45) is -2.55. The van der Waals surface area contributed by atoms with Crippen LogP contribution in [0.5, 0.6) is 11.5 Å². The lowest BCUT2D eigenvalue weighted by molar-refractivity contribution is -0.218. The van der Waals surface area contributed by atoms with Gasteiger partial charge < -0.3 is 30.1 Å². The highest BCUT2D eigenvalue weighted by molar-refractivity contribution is 5.85. The van der Waals surface area contributed by atoms with E-state index in [4.69, 9.17) is 30.1 Å². The molecule has 1 aliphatic rings. The Balaban J connectivity index is 1.50. The van der Waals surface area contributed by atoms with Crippen molar-refractivity contribution >= 4 is 16.9 Å². The van der Waals surface area contributed by atoms with Gasteiger partial charge in [-0.15, -0.1) is 0 Å². The number of unbranched alkanes of at least 4 members (excludes halogenated alkanes) is 2. The molecule has 0 radical (unpaired) electrons. The number of alkyl halides is 3. The Labute approximate surface area is 263 Å². The van der Waals surface area contributed by atoms with Crippen molar-refractivity contribution in [1.82, 2.24) is 0 Å². The number of carbonyl (C=O) groups is 1. The van der Waals surface area contributed by atoms with Gasteiger partial charge in [-0.05, 0) is 95.7 Å². The summed E-state index contributed by atoms with van der Waals surface area (Å²) < 4.78 is 66.3. The number of rotatable bonds is 13. The van der Waals surface area contributed by atoms with Gasteiger partial charge >= 0.3 is 12.1 Å². The standard InChI is InChI=1S/C35H47F3N2O5/c1-7-8-9-10-21-11-14-24(28(17-21)42-6)29-18-22-12-13-23(19-27(22)44-29)43-25-15-16-26(31(25)35(36,37)38)45-32(41)34(4,5)30(39)20-33(2,3)40/h11-14,17-19,25-26,30-31H,7-10,15-16,20,39-40H2,1-6H3. The predicted molar refractivity (Wildman–Crippen MR) is 169 cm³/mol. The molecule has 0 saturated heterocycles. The number of aryl methyl sites for hydroxylation is 1. The van der Waals surface area contributed by atoms with Crippen LogP contribution in [0.4, 0.5) is 13.2 Å². The molecule has 248 valence electrons. The van der Waals surface area contributed by atoms with Gasteiger partial charge in [-0.1, -0.05) is 25.8 Å². The maximum atomic E-state index is 14.4. The van der Waals surface area contributed by atoms with Crippen LogP contribution < -0.4 is 20.9 Å². The maximum Gasteiger partial charge on any atom is 0.398 e. The number of benzene rings is 2. The number of esters is 1. The van der Waals surface area contributed by atoms with Gasteiger partial charge in [0.25, 0.3) is 0 Å². The Bertz CT molecular complexity index is 1460. The number of nitrogens with two attached hydrogens (primary N) is 2. The third-order valence-corrected chi connectivity index (χ3v) is 8.75. The second kappa shape index (κ2) is 13.6. The van der Waals surface area contributed by atoms with Crippen molar-refractivity contribution in [2.75, 3.05) is 7.11 Å². The third-order valence-electron chi connectivity index (χ3n) is 8.75. The minimum absolute atomic E-state index is 0.00959. The number of furan rings is 1. The lowest BCUT2D eigenvalue weighted by atomic mass is 9.79. The maximum absolute atomic E-state index is 14.4. The van der Waals surface area contributed by atoms with E-state index in [1.54, 1.807) is 53.0 Å². The Morgan fingerprint density at radius 3 is 2.38 bits per heavy atom. The molecule has 1 aromatic heterocycles. The third kappa shape index (κ3) is 8.33. The van der Waals surface area contributed by atoms with Crippen LogP contribution >= 0.6 is 0 Å². The van der Waals surface area contributed by atoms with Crippen molar-refractivity contribution in [2.45, 2.75) is 110 Å². The summed E-state index contributed by atoms with van der Waals surface area (Å²) in [6, 6.07) is 12.2. The van der Waals surface area contributed by atoms with Crippen LogP contribution in [0.1, 0.15) is 78.7 Å². The molecular formula is C35H47F3N2O5. The smallest absolute Gasteiger partial charge is 0.398 e. The molecule has 45 heavy (non-hydrogen) atoms. The fourth-order valence-corrected chi connectivity index (χ4v) is 5.94. The molecule has 3 aromatic rings. The van der Waals surface area contributed by atoms with Gasteiger partial charge in [-0.3, -0.25) is 4.79 Å². The van der Waals surface area contributed by atoms with Crippen LogP contribution in [-0.4, -0.2) is 43.0 Å². The molecule has 0 amide bonds. The second-order valence-corrected chi connectivity index (χ2v) is 13.6. The summed E-state index contributed by atoms with van der Waals surface area (Å²) in [5, 5.41) is 0.774. The highest BCUT2D eigenvalue weighted by Crippen LogP contribution is 2.44. The lowest BCUT2D eigenvalue weighted by Crippen LogP contribution is -2.51. The van der Waals surface area contributed by atoms with Gasteiger partial charge in [0.05, 0.1) is 18.1 Å². The molecule has 1 saturated carbocycles. The normalized spacial score (nSPS) is 19.9. The zero-order valence-electron chi connectivity index (χ0n) is 27.1. The van der Waals surface area contributed by atoms with Crippen molar-refractivity contribution in [3.8, 4) is 22.8 Å². The molecule has 1 aliphatic carbocycles. The second-order valence-electron chi connectivity index (χ2n) is 13.6. The van der Waals surface area contributed by atoms with E-state index >= 15 is 0 Å². The van der Waals surface area contributed by atoms with E-state index in [9.17, 15) is 18.0 Å². The molecule has 1 heterocycles. The first kappa shape index (κ1) is 34.6. The lowest BCUT2D eigenvalue weighted by Gasteiger charge is -2.35. The largest absolute Gasteiger partial charge is 0.496 e. The number of carbonyl (C=O) groups excluding carboxylic acids is 1. The number of hydrogen-bond acceptors (Lipinski definition) is 7. The Kier molecular flexibility index (Phi) is 10.5. The molecule has 4 rings (SSSR count). The molecule has 0 bridgehead atoms. The molecule has 4 atom stereocenters. The van der Waals surface area contributed by atoms with Gasteiger partial charge in [0.2, 0.25) is 0 Å². The summed E-state index contributed by atoms with van der Waals surface area (Å²) in [4.78, 5) is 13.1. The summed E-state index contributed by atoms with van der Waals surface area (Å²) in [5.41, 5.74) is 12.9. The monoisotopic (exact) mass is 632 g/mol. The Hall–Kier alpha value is -3.24. The topological polar surface area (TPSA) is 110 Å². The zero-order valence-corrected chi connectivity index (χ0v) is 27.1. The minimum atomic E-state index is -4.65. The highest BCUT2D eigenvalue weighted by Gasteiger charge is 2.56.